The number of fused-ring (bicyclic) bond motifs is 1. The van der Waals surface area contributed by atoms with E-state index in [1.807, 2.05) is 24.5 Å². The predicted molar refractivity (Wildman–Crippen MR) is 137 cm³/mol. The highest BCUT2D eigenvalue weighted by Crippen LogP contribution is 2.24. The Kier molecular flexibility index (Phi) is 7.17. The molecule has 0 bridgehead atoms. The lowest BCUT2D eigenvalue weighted by Gasteiger charge is -2.26. The van der Waals surface area contributed by atoms with Crippen LogP contribution in [0.3, 0.4) is 0 Å². The molecule has 2 N–H and O–H groups in total. The van der Waals surface area contributed by atoms with E-state index in [1.54, 1.807) is 0 Å². The zero-order chi connectivity index (χ0) is 22.3. The van der Waals surface area contributed by atoms with Crippen LogP contribution in [0.4, 0.5) is 0 Å². The lowest BCUT2D eigenvalue weighted by molar-refractivity contribution is 0.409. The first-order valence-electron chi connectivity index (χ1n) is 11.1. The summed E-state index contributed by atoms with van der Waals surface area (Å²) in [5, 5.41) is 5.57. The van der Waals surface area contributed by atoms with Gasteiger partial charge in [0.05, 0.1) is 0 Å². The number of nitrogens with one attached hydrogen (secondary N) is 2. The van der Waals surface area contributed by atoms with Crippen LogP contribution >= 0.6 is 12.2 Å². The largest absolute Gasteiger partial charge is 0.362 e. The van der Waals surface area contributed by atoms with Gasteiger partial charge in [-0.1, -0.05) is 48.0 Å². The minimum Gasteiger partial charge on any atom is -0.362 e. The monoisotopic (exact) mass is 442 g/mol. The molecule has 0 radical (unpaired) electrons. The van der Waals surface area contributed by atoms with E-state index in [2.05, 4.69) is 82.6 Å². The summed E-state index contributed by atoms with van der Waals surface area (Å²) in [7, 11) is 0. The number of thiocarbonyl (C=S) groups is 1. The van der Waals surface area contributed by atoms with Gasteiger partial charge in [0.15, 0.2) is 5.11 Å². The van der Waals surface area contributed by atoms with Crippen LogP contribution in [0.5, 0.6) is 0 Å². The van der Waals surface area contributed by atoms with Gasteiger partial charge in [0.25, 0.3) is 0 Å². The summed E-state index contributed by atoms with van der Waals surface area (Å²) < 4.78 is 0. The molecule has 0 fully saturated rings. The van der Waals surface area contributed by atoms with Crippen molar-refractivity contribution in [3.63, 3.8) is 0 Å². The maximum atomic E-state index is 5.82. The molecule has 0 amide bonds. The first kappa shape index (κ1) is 22.0. The van der Waals surface area contributed by atoms with Gasteiger partial charge in [0.1, 0.15) is 0 Å². The molecule has 0 saturated heterocycles. The first-order valence-corrected chi connectivity index (χ1v) is 11.5. The van der Waals surface area contributed by atoms with E-state index >= 15 is 0 Å². The fourth-order valence-corrected chi connectivity index (χ4v) is 4.36. The number of rotatable bonds is 8. The number of benzene rings is 2. The van der Waals surface area contributed by atoms with Gasteiger partial charge in [-0.15, -0.1) is 0 Å². The third kappa shape index (κ3) is 5.54. The van der Waals surface area contributed by atoms with Crippen molar-refractivity contribution in [3.8, 4) is 0 Å². The van der Waals surface area contributed by atoms with Gasteiger partial charge < -0.3 is 15.2 Å². The number of H-pyrrole nitrogens is 1. The topological polar surface area (TPSA) is 44.0 Å². The van der Waals surface area contributed by atoms with Crippen molar-refractivity contribution in [1.82, 2.24) is 20.2 Å². The van der Waals surface area contributed by atoms with E-state index in [0.717, 1.165) is 43.2 Å². The van der Waals surface area contributed by atoms with Crippen LogP contribution < -0.4 is 5.32 Å². The summed E-state index contributed by atoms with van der Waals surface area (Å²) in [5.41, 5.74) is 7.55. The van der Waals surface area contributed by atoms with Gasteiger partial charge >= 0.3 is 0 Å². The Morgan fingerprint density at radius 2 is 1.81 bits per heavy atom. The van der Waals surface area contributed by atoms with Crippen LogP contribution in [-0.2, 0) is 19.4 Å². The number of hydrogen-bond acceptors (Lipinski definition) is 2. The van der Waals surface area contributed by atoms with Gasteiger partial charge in [0, 0.05) is 48.6 Å². The van der Waals surface area contributed by atoms with Crippen LogP contribution in [0.15, 0.2) is 73.1 Å². The van der Waals surface area contributed by atoms with Gasteiger partial charge in [-0.2, -0.15) is 0 Å². The summed E-state index contributed by atoms with van der Waals surface area (Å²) in [4.78, 5) is 10.1. The summed E-state index contributed by atoms with van der Waals surface area (Å²) in [5.74, 6) is 0. The SMILES string of the molecule is Cc1ccc2[nH]c(C)c(CCN(Cc3cccnc3)C(=S)NCCc3ccccc3)c2c1. The van der Waals surface area contributed by atoms with Crippen molar-refractivity contribution in [3.05, 3.63) is 101 Å². The molecule has 0 unspecified atom stereocenters. The van der Waals surface area contributed by atoms with Crippen molar-refractivity contribution < 1.29 is 0 Å². The van der Waals surface area contributed by atoms with Crippen LogP contribution in [0.2, 0.25) is 0 Å². The second kappa shape index (κ2) is 10.4. The van der Waals surface area contributed by atoms with Crippen molar-refractivity contribution in [2.45, 2.75) is 33.2 Å². The Morgan fingerprint density at radius 3 is 2.59 bits per heavy atom. The number of aryl methyl sites for hydroxylation is 2. The highest BCUT2D eigenvalue weighted by atomic mass is 32.1. The second-order valence-electron chi connectivity index (χ2n) is 8.28. The van der Waals surface area contributed by atoms with Crippen molar-refractivity contribution in [2.24, 2.45) is 0 Å². The average molecular weight is 443 g/mol. The normalized spacial score (nSPS) is 10.9. The highest BCUT2D eigenvalue weighted by Gasteiger charge is 2.14. The summed E-state index contributed by atoms with van der Waals surface area (Å²) >= 11 is 5.82. The van der Waals surface area contributed by atoms with Crippen molar-refractivity contribution in [1.29, 1.82) is 0 Å². The fourth-order valence-electron chi connectivity index (χ4n) is 4.10. The quantitative estimate of drug-likeness (QED) is 0.362. The van der Waals surface area contributed by atoms with Crippen molar-refractivity contribution >= 4 is 28.2 Å². The number of aromatic nitrogens is 2. The van der Waals surface area contributed by atoms with E-state index in [9.17, 15) is 0 Å². The molecule has 0 atom stereocenters. The number of aromatic amines is 1. The second-order valence-corrected chi connectivity index (χ2v) is 8.66. The average Bonchev–Trinajstić information content (AvgIpc) is 3.12. The van der Waals surface area contributed by atoms with Gasteiger partial charge in [-0.25, -0.2) is 0 Å². The molecule has 4 aromatic rings. The molecule has 2 aromatic heterocycles. The number of hydrogen-bond donors (Lipinski definition) is 2. The van der Waals surface area contributed by atoms with Gasteiger partial charge in [0.2, 0.25) is 0 Å². The van der Waals surface area contributed by atoms with Gasteiger partial charge in [-0.05, 0) is 73.8 Å². The molecule has 0 aliphatic carbocycles. The molecule has 2 heterocycles. The van der Waals surface area contributed by atoms with E-state index in [-0.39, 0.29) is 0 Å². The summed E-state index contributed by atoms with van der Waals surface area (Å²) in [6.07, 6.45) is 5.60. The lowest BCUT2D eigenvalue weighted by atomic mass is 10.1. The van der Waals surface area contributed by atoms with E-state index in [0.29, 0.717) is 0 Å². The standard InChI is InChI=1S/C27H30N4S/c1-20-10-11-26-25(17-20)24(21(2)30-26)13-16-31(19-23-9-6-14-28-18-23)27(32)29-15-12-22-7-4-3-5-8-22/h3-11,14,17-18,30H,12-13,15-16,19H2,1-2H3,(H,29,32). The molecule has 164 valence electrons. The highest BCUT2D eigenvalue weighted by molar-refractivity contribution is 7.80. The molecule has 32 heavy (non-hydrogen) atoms. The van der Waals surface area contributed by atoms with Crippen molar-refractivity contribution in [2.75, 3.05) is 13.1 Å². The molecular weight excluding hydrogens is 412 g/mol. The molecule has 4 rings (SSSR count). The smallest absolute Gasteiger partial charge is 0.169 e. The zero-order valence-electron chi connectivity index (χ0n) is 18.8. The fraction of sp³-hybridized carbons (Fsp3) is 0.259. The predicted octanol–water partition coefficient (Wildman–Crippen LogP) is 5.34. The summed E-state index contributed by atoms with van der Waals surface area (Å²) in [6, 6.07) is 21.2. The van der Waals surface area contributed by atoms with Crippen LogP contribution in [0, 0.1) is 13.8 Å². The Bertz CT molecular complexity index is 1170. The maximum Gasteiger partial charge on any atom is 0.169 e. The molecule has 0 aliphatic heterocycles. The Labute approximate surface area is 195 Å². The van der Waals surface area contributed by atoms with E-state index in [1.165, 1.54) is 33.3 Å². The van der Waals surface area contributed by atoms with Crippen LogP contribution in [-0.4, -0.2) is 33.1 Å². The third-order valence-corrected chi connectivity index (χ3v) is 6.23. The zero-order valence-corrected chi connectivity index (χ0v) is 19.6. The van der Waals surface area contributed by atoms with E-state index in [4.69, 9.17) is 12.2 Å². The molecule has 2 aromatic carbocycles. The minimum atomic E-state index is 0.742. The molecule has 0 spiro atoms. The first-order chi connectivity index (χ1) is 15.6. The minimum absolute atomic E-state index is 0.742. The lowest BCUT2D eigenvalue weighted by Crippen LogP contribution is -2.41. The Morgan fingerprint density at radius 1 is 1.00 bits per heavy atom. The third-order valence-electron chi connectivity index (χ3n) is 5.82. The molecular formula is C27H30N4S. The molecule has 0 aliphatic rings. The molecule has 5 heteroatoms. The number of nitrogens with zero attached hydrogens (tertiary/aromatic N) is 2. The summed E-state index contributed by atoms with van der Waals surface area (Å²) in [6.45, 7) is 6.70. The number of pyridine rings is 1. The van der Waals surface area contributed by atoms with Gasteiger partial charge in [-0.3, -0.25) is 4.98 Å². The molecule has 4 nitrogen and oxygen atoms in total. The Hall–Kier alpha value is -3.18. The van der Waals surface area contributed by atoms with Crippen LogP contribution in [0.1, 0.15) is 27.9 Å². The Balaban J connectivity index is 1.46. The van der Waals surface area contributed by atoms with Crippen LogP contribution in [0.25, 0.3) is 10.9 Å². The van der Waals surface area contributed by atoms with E-state index < -0.39 is 0 Å². The maximum absolute atomic E-state index is 5.82. The molecule has 0 saturated carbocycles.